The highest BCUT2D eigenvalue weighted by Crippen LogP contribution is 2.30. The van der Waals surface area contributed by atoms with Crippen LogP contribution in [0.15, 0.2) is 58.3 Å². The van der Waals surface area contributed by atoms with Crippen molar-refractivity contribution in [2.24, 2.45) is 5.92 Å². The first-order chi connectivity index (χ1) is 17.1. The van der Waals surface area contributed by atoms with Gasteiger partial charge in [-0.25, -0.2) is 12.7 Å². The van der Waals surface area contributed by atoms with E-state index in [0.29, 0.717) is 13.1 Å². The molecule has 36 heavy (non-hydrogen) atoms. The molecule has 0 bridgehead atoms. The lowest BCUT2D eigenvalue weighted by Gasteiger charge is -2.33. The first kappa shape index (κ1) is 26.6. The molecule has 1 saturated heterocycles. The third-order valence-corrected chi connectivity index (χ3v) is 9.90. The Balaban J connectivity index is 1.50. The molecule has 1 heterocycles. The van der Waals surface area contributed by atoms with Crippen LogP contribution in [0.3, 0.4) is 0 Å². The van der Waals surface area contributed by atoms with E-state index in [1.54, 1.807) is 12.1 Å². The molecule has 2 fully saturated rings. The highest BCUT2D eigenvalue weighted by molar-refractivity contribution is 7.91. The number of amides is 1. The Morgan fingerprint density at radius 2 is 1.61 bits per heavy atom. The SMILES string of the molecule is CN(C)S(=O)(=O)c1ccccc1S(=O)(=O)Oc1ccc(CN(C[C@@H]2CCCO2)C(=O)C2CCC2)cc1. The Bertz CT molecular complexity index is 1280. The molecule has 0 radical (unpaired) electrons. The highest BCUT2D eigenvalue weighted by Gasteiger charge is 2.32. The summed E-state index contributed by atoms with van der Waals surface area (Å²) in [6.07, 6.45) is 4.87. The average Bonchev–Trinajstić information content (AvgIpc) is 3.31. The first-order valence-electron chi connectivity index (χ1n) is 12.0. The Morgan fingerprint density at radius 3 is 2.17 bits per heavy atom. The molecule has 11 heteroatoms. The van der Waals surface area contributed by atoms with Crippen LogP contribution in [-0.2, 0) is 36.2 Å². The van der Waals surface area contributed by atoms with E-state index in [2.05, 4.69) is 0 Å². The van der Waals surface area contributed by atoms with E-state index in [0.717, 1.165) is 48.6 Å². The van der Waals surface area contributed by atoms with Gasteiger partial charge in [0, 0.05) is 39.7 Å². The molecule has 196 valence electrons. The molecule has 0 N–H and O–H groups in total. The average molecular weight is 537 g/mol. The van der Waals surface area contributed by atoms with Crippen LogP contribution in [0.1, 0.15) is 37.7 Å². The molecule has 1 saturated carbocycles. The van der Waals surface area contributed by atoms with Crippen molar-refractivity contribution in [2.75, 3.05) is 27.2 Å². The van der Waals surface area contributed by atoms with Crippen LogP contribution >= 0.6 is 0 Å². The predicted molar refractivity (Wildman–Crippen MR) is 133 cm³/mol. The normalized spacial score (nSPS) is 18.7. The van der Waals surface area contributed by atoms with Crippen LogP contribution < -0.4 is 4.18 Å². The second-order valence-corrected chi connectivity index (χ2v) is 13.0. The summed E-state index contributed by atoms with van der Waals surface area (Å²) in [4.78, 5) is 14.1. The molecule has 4 rings (SSSR count). The van der Waals surface area contributed by atoms with Gasteiger partial charge in [-0.05, 0) is 55.5 Å². The second kappa shape index (κ2) is 10.9. The summed E-state index contributed by atoms with van der Waals surface area (Å²) < 4.78 is 63.2. The maximum absolute atomic E-state index is 13.0. The zero-order valence-electron chi connectivity index (χ0n) is 20.5. The Morgan fingerprint density at radius 1 is 0.944 bits per heavy atom. The zero-order valence-corrected chi connectivity index (χ0v) is 22.1. The van der Waals surface area contributed by atoms with Crippen LogP contribution in [0.2, 0.25) is 0 Å². The molecule has 2 aromatic carbocycles. The molecule has 2 aromatic rings. The lowest BCUT2D eigenvalue weighted by Crippen LogP contribution is -2.42. The van der Waals surface area contributed by atoms with Crippen molar-refractivity contribution in [3.8, 4) is 5.75 Å². The maximum Gasteiger partial charge on any atom is 0.340 e. The van der Waals surface area contributed by atoms with Crippen molar-refractivity contribution in [2.45, 2.75) is 54.5 Å². The van der Waals surface area contributed by atoms with Gasteiger partial charge in [-0.15, -0.1) is 0 Å². The topological polar surface area (TPSA) is 110 Å². The summed E-state index contributed by atoms with van der Waals surface area (Å²) in [5, 5.41) is 0. The number of carbonyl (C=O) groups is 1. The number of sulfonamides is 1. The molecule has 0 spiro atoms. The standard InChI is InChI=1S/C25H32N2O7S2/c1-26(2)35(29,30)23-10-3-4-11-24(23)36(31,32)34-21-14-12-19(13-15-21)17-27(18-22-9-6-16-33-22)25(28)20-7-5-8-20/h3-4,10-15,20,22H,5-9,16-18H2,1-2H3/t22-/m0/s1. The highest BCUT2D eigenvalue weighted by atomic mass is 32.2. The molecular formula is C25H32N2O7S2. The van der Waals surface area contributed by atoms with Crippen LogP contribution in [-0.4, -0.2) is 65.3 Å². The van der Waals surface area contributed by atoms with E-state index in [9.17, 15) is 21.6 Å². The van der Waals surface area contributed by atoms with E-state index in [-0.39, 0.29) is 28.6 Å². The minimum atomic E-state index is -4.42. The van der Waals surface area contributed by atoms with Gasteiger partial charge in [0.15, 0.2) is 0 Å². The molecule has 1 amide bonds. The summed E-state index contributed by atoms with van der Waals surface area (Å²) in [7, 11) is -5.76. The summed E-state index contributed by atoms with van der Waals surface area (Å²) >= 11 is 0. The van der Waals surface area contributed by atoms with Crippen molar-refractivity contribution >= 4 is 26.0 Å². The monoisotopic (exact) mass is 536 g/mol. The van der Waals surface area contributed by atoms with Crippen molar-refractivity contribution < 1.29 is 30.6 Å². The minimum absolute atomic E-state index is 0.0419. The van der Waals surface area contributed by atoms with Gasteiger partial charge in [-0.3, -0.25) is 4.79 Å². The van der Waals surface area contributed by atoms with Gasteiger partial charge in [-0.1, -0.05) is 30.7 Å². The number of benzene rings is 2. The fourth-order valence-electron chi connectivity index (χ4n) is 4.29. The molecule has 2 aliphatic rings. The Kier molecular flexibility index (Phi) is 8.03. The van der Waals surface area contributed by atoms with E-state index in [1.807, 2.05) is 4.90 Å². The smallest absolute Gasteiger partial charge is 0.340 e. The van der Waals surface area contributed by atoms with Crippen LogP contribution in [0, 0.1) is 5.92 Å². The van der Waals surface area contributed by atoms with Gasteiger partial charge in [0.1, 0.15) is 15.5 Å². The molecule has 0 unspecified atom stereocenters. The summed E-state index contributed by atoms with van der Waals surface area (Å²) in [5.74, 6) is 0.253. The summed E-state index contributed by atoms with van der Waals surface area (Å²) in [6, 6.07) is 11.8. The molecule has 9 nitrogen and oxygen atoms in total. The van der Waals surface area contributed by atoms with Gasteiger partial charge >= 0.3 is 10.1 Å². The number of hydrogen-bond donors (Lipinski definition) is 0. The predicted octanol–water partition coefficient (Wildman–Crippen LogP) is 3.01. The summed E-state index contributed by atoms with van der Waals surface area (Å²) in [6.45, 7) is 1.65. The molecule has 1 aliphatic carbocycles. The van der Waals surface area contributed by atoms with Crippen molar-refractivity contribution in [3.63, 3.8) is 0 Å². The van der Waals surface area contributed by atoms with Gasteiger partial charge in [-0.2, -0.15) is 8.42 Å². The third-order valence-electron chi connectivity index (χ3n) is 6.59. The van der Waals surface area contributed by atoms with Gasteiger partial charge < -0.3 is 13.8 Å². The van der Waals surface area contributed by atoms with E-state index < -0.39 is 25.0 Å². The van der Waals surface area contributed by atoms with Gasteiger partial charge in [0.05, 0.1) is 6.10 Å². The van der Waals surface area contributed by atoms with E-state index >= 15 is 0 Å². The van der Waals surface area contributed by atoms with Gasteiger partial charge in [0.25, 0.3) is 0 Å². The molecule has 1 aliphatic heterocycles. The number of nitrogens with zero attached hydrogens (tertiary/aromatic N) is 2. The molecule has 0 aromatic heterocycles. The second-order valence-electron chi connectivity index (χ2n) is 9.40. The Labute approximate surface area is 213 Å². The van der Waals surface area contributed by atoms with Crippen LogP contribution in [0.4, 0.5) is 0 Å². The number of ether oxygens (including phenoxy) is 1. The summed E-state index contributed by atoms with van der Waals surface area (Å²) in [5.41, 5.74) is 0.834. The van der Waals surface area contributed by atoms with Crippen LogP contribution in [0.5, 0.6) is 5.75 Å². The Hall–Kier alpha value is -2.47. The van der Waals surface area contributed by atoms with E-state index in [4.69, 9.17) is 8.92 Å². The van der Waals surface area contributed by atoms with Crippen molar-refractivity contribution in [1.82, 2.24) is 9.21 Å². The largest absolute Gasteiger partial charge is 0.379 e. The first-order valence-corrected chi connectivity index (χ1v) is 14.9. The van der Waals surface area contributed by atoms with Gasteiger partial charge in [0.2, 0.25) is 15.9 Å². The maximum atomic E-state index is 13.0. The molecular weight excluding hydrogens is 504 g/mol. The van der Waals surface area contributed by atoms with Crippen LogP contribution in [0.25, 0.3) is 0 Å². The van der Waals surface area contributed by atoms with Crippen molar-refractivity contribution in [3.05, 3.63) is 54.1 Å². The number of carbonyl (C=O) groups excluding carboxylic acids is 1. The quantitative estimate of drug-likeness (QED) is 0.429. The van der Waals surface area contributed by atoms with Crippen molar-refractivity contribution in [1.29, 1.82) is 0 Å². The fraction of sp³-hybridized carbons (Fsp3) is 0.480. The number of hydrogen-bond acceptors (Lipinski definition) is 7. The third kappa shape index (κ3) is 5.91. The van der Waals surface area contributed by atoms with E-state index in [1.165, 1.54) is 50.5 Å². The zero-order chi connectivity index (χ0) is 25.9. The minimum Gasteiger partial charge on any atom is -0.379 e. The molecule has 1 atom stereocenters. The number of rotatable bonds is 10. The lowest BCUT2D eigenvalue weighted by atomic mass is 9.84. The lowest BCUT2D eigenvalue weighted by molar-refractivity contribution is -0.140. The fourth-order valence-corrected chi connectivity index (χ4v) is 6.89.